The van der Waals surface area contributed by atoms with Crippen molar-refractivity contribution in [2.75, 3.05) is 0 Å². The van der Waals surface area contributed by atoms with Crippen molar-refractivity contribution in [2.45, 2.75) is 6.32 Å². The number of para-hydroxylation sites is 1. The van der Waals surface area contributed by atoms with Crippen molar-refractivity contribution in [3.05, 3.63) is 120 Å². The summed E-state index contributed by atoms with van der Waals surface area (Å²) in [6.45, 7) is 0.382. The third-order valence-corrected chi connectivity index (χ3v) is 5.00. The van der Waals surface area contributed by atoms with Crippen LogP contribution < -0.4 is 10.9 Å². The van der Waals surface area contributed by atoms with Gasteiger partial charge in [-0.1, -0.05) is 113 Å². The van der Waals surface area contributed by atoms with Gasteiger partial charge in [-0.3, -0.25) is 0 Å². The fourth-order valence-electron chi connectivity index (χ4n) is 3.09. The summed E-state index contributed by atoms with van der Waals surface area (Å²) in [4.78, 5) is 3.94. The molecule has 0 amide bonds. The van der Waals surface area contributed by atoms with Gasteiger partial charge in [-0.15, -0.1) is 0 Å². The maximum Gasteiger partial charge on any atom is 0.213 e. The molecule has 1 aromatic heterocycles. The van der Waals surface area contributed by atoms with E-state index in [2.05, 4.69) is 53.5 Å². The molecule has 0 aliphatic heterocycles. The molecule has 0 bridgehead atoms. The highest BCUT2D eigenvalue weighted by atomic mass is 35.5. The van der Waals surface area contributed by atoms with Crippen LogP contribution in [0.2, 0.25) is 11.3 Å². The van der Waals surface area contributed by atoms with E-state index in [9.17, 15) is 0 Å². The van der Waals surface area contributed by atoms with Gasteiger partial charge in [0.1, 0.15) is 0 Å². The summed E-state index contributed by atoms with van der Waals surface area (Å²) in [7, 11) is 0. The Morgan fingerprint density at radius 3 is 1.93 bits per heavy atom. The topological polar surface area (TPSA) is 17.8 Å². The molecular weight excluding hydrogens is 398 g/mol. The van der Waals surface area contributed by atoms with Gasteiger partial charge in [-0.05, 0) is 24.0 Å². The van der Waals surface area contributed by atoms with Crippen LogP contribution in [-0.2, 0) is 0 Å². The van der Waals surface area contributed by atoms with E-state index < -0.39 is 0 Å². The molecule has 0 fully saturated rings. The minimum absolute atomic E-state index is 0.382. The first-order valence-corrected chi connectivity index (χ1v) is 10.2. The molecule has 144 valence electrons. The molecule has 2 nitrogen and oxygen atoms in total. The van der Waals surface area contributed by atoms with Crippen LogP contribution in [0.15, 0.2) is 115 Å². The first-order chi connectivity index (χ1) is 14.3. The highest BCUT2D eigenvalue weighted by Gasteiger charge is 2.16. The molecule has 5 heteroatoms. The van der Waals surface area contributed by atoms with Crippen LogP contribution in [0, 0.1) is 0 Å². The Bertz CT molecular complexity index is 964. The highest BCUT2D eigenvalue weighted by molar-refractivity contribution is 6.85. The van der Waals surface area contributed by atoms with E-state index in [1.54, 1.807) is 18.1 Å². The predicted octanol–water partition coefficient (Wildman–Crippen LogP) is 5.57. The van der Waals surface area contributed by atoms with Gasteiger partial charge in [0.2, 0.25) is 6.71 Å². The van der Waals surface area contributed by atoms with Gasteiger partial charge < -0.3 is 4.57 Å². The average Bonchev–Trinajstić information content (AvgIpc) is 3.31. The molecule has 4 rings (SSSR count). The lowest BCUT2D eigenvalue weighted by Gasteiger charge is -2.12. The minimum atomic E-state index is 0.382. The monoisotopic (exact) mass is 418 g/mol. The fraction of sp³-hybridized carbons (Fsp3) is 0.0417. The Balaban J connectivity index is 0.000000176. The smallest absolute Gasteiger partial charge is 0.213 e. The summed E-state index contributed by atoms with van der Waals surface area (Å²) < 4.78 is 1.88. The normalized spacial score (nSPS) is 10.4. The average molecular weight is 419 g/mol. The Labute approximate surface area is 182 Å². The highest BCUT2D eigenvalue weighted by Crippen LogP contribution is 2.18. The number of rotatable bonds is 5. The van der Waals surface area contributed by atoms with Crippen LogP contribution >= 0.6 is 23.2 Å². The number of nitrogens with zero attached hydrogens (tertiary/aromatic N) is 2. The van der Waals surface area contributed by atoms with E-state index in [0.29, 0.717) is 6.71 Å². The van der Waals surface area contributed by atoms with Crippen molar-refractivity contribution < 1.29 is 0 Å². The number of halogens is 2. The molecule has 0 saturated carbocycles. The summed E-state index contributed by atoms with van der Waals surface area (Å²) in [5.74, 6) is 0. The van der Waals surface area contributed by atoms with Gasteiger partial charge in [0.25, 0.3) is 0 Å². The molecule has 29 heavy (non-hydrogen) atoms. The van der Waals surface area contributed by atoms with Crippen LogP contribution in [0.1, 0.15) is 0 Å². The number of allylic oxidation sites excluding steroid dienone is 1. The first-order valence-electron chi connectivity index (χ1n) is 9.37. The number of benzene rings is 3. The summed E-state index contributed by atoms with van der Waals surface area (Å²) >= 11 is 11.6. The van der Waals surface area contributed by atoms with Gasteiger partial charge in [0, 0.05) is 12.4 Å². The zero-order valence-electron chi connectivity index (χ0n) is 15.9. The second-order valence-electron chi connectivity index (χ2n) is 6.39. The lowest BCUT2D eigenvalue weighted by Crippen LogP contribution is -2.41. The molecule has 3 aromatic carbocycles. The van der Waals surface area contributed by atoms with Gasteiger partial charge >= 0.3 is 0 Å². The van der Waals surface area contributed by atoms with Crippen LogP contribution in [0.4, 0.5) is 0 Å². The standard InChI is InChI=1S/C15H14BCl.C9H7ClN2/c17-13-7-12-16(14-8-3-1-4-9-14)15-10-5-2-6-11-15;10-8-3-1-2-4-9(8)12-6-5-11-7-12/h1-11,13H,12H2;1-7H. The molecule has 0 aliphatic rings. The quantitative estimate of drug-likeness (QED) is 0.387. The Morgan fingerprint density at radius 2 is 1.41 bits per heavy atom. The van der Waals surface area contributed by atoms with E-state index in [0.717, 1.165) is 17.0 Å². The summed E-state index contributed by atoms with van der Waals surface area (Å²) in [6, 6.07) is 28.7. The summed E-state index contributed by atoms with van der Waals surface area (Å²) in [5, 5.41) is 0.732. The number of aromatic nitrogens is 2. The fourth-order valence-corrected chi connectivity index (χ4v) is 3.42. The van der Waals surface area contributed by atoms with Crippen LogP contribution in [0.3, 0.4) is 0 Å². The summed E-state index contributed by atoms with van der Waals surface area (Å²) in [6.07, 6.45) is 8.25. The lowest BCUT2D eigenvalue weighted by molar-refractivity contribution is 1.06. The third-order valence-electron chi connectivity index (χ3n) is 4.50. The molecule has 0 unspecified atom stereocenters. The molecule has 0 aliphatic carbocycles. The molecule has 0 radical (unpaired) electrons. The number of imidazole rings is 1. The molecule has 4 aromatic rings. The van der Waals surface area contributed by atoms with Crippen LogP contribution in [-0.4, -0.2) is 16.3 Å². The molecule has 0 spiro atoms. The third kappa shape index (κ3) is 6.12. The lowest BCUT2D eigenvalue weighted by atomic mass is 9.39. The Morgan fingerprint density at radius 1 is 0.828 bits per heavy atom. The van der Waals surface area contributed by atoms with Crippen molar-refractivity contribution in [2.24, 2.45) is 0 Å². The SMILES string of the molecule is ClC=CCB(c1ccccc1)c1ccccc1.Clc1ccccc1-n1ccnc1. The molecule has 0 atom stereocenters. The predicted molar refractivity (Wildman–Crippen MR) is 126 cm³/mol. The number of hydrogen-bond acceptors (Lipinski definition) is 1. The van der Waals surface area contributed by atoms with E-state index >= 15 is 0 Å². The molecular formula is C24H21BCl2N2. The van der Waals surface area contributed by atoms with Crippen molar-refractivity contribution in [3.8, 4) is 5.69 Å². The van der Waals surface area contributed by atoms with Gasteiger partial charge in [-0.2, -0.15) is 0 Å². The molecule has 0 N–H and O–H groups in total. The zero-order chi connectivity index (χ0) is 20.3. The maximum atomic E-state index is 5.97. The minimum Gasteiger partial charge on any atom is -0.305 e. The zero-order valence-corrected chi connectivity index (χ0v) is 17.4. The van der Waals surface area contributed by atoms with Crippen molar-refractivity contribution >= 4 is 40.8 Å². The van der Waals surface area contributed by atoms with Crippen molar-refractivity contribution in [1.82, 2.24) is 9.55 Å². The van der Waals surface area contributed by atoms with E-state index in [1.165, 1.54) is 10.9 Å². The largest absolute Gasteiger partial charge is 0.305 e. The summed E-state index contributed by atoms with van der Waals surface area (Å²) in [5.41, 5.74) is 5.21. The van der Waals surface area contributed by atoms with Crippen molar-refractivity contribution in [1.29, 1.82) is 0 Å². The second-order valence-corrected chi connectivity index (χ2v) is 7.05. The maximum absolute atomic E-state index is 5.97. The van der Waals surface area contributed by atoms with E-state index in [-0.39, 0.29) is 0 Å². The molecule has 1 heterocycles. The van der Waals surface area contributed by atoms with Crippen LogP contribution in [0.5, 0.6) is 0 Å². The Kier molecular flexibility index (Phi) is 8.18. The van der Waals surface area contributed by atoms with Crippen molar-refractivity contribution in [3.63, 3.8) is 0 Å². The van der Waals surface area contributed by atoms with E-state index in [1.807, 2.05) is 53.2 Å². The molecule has 0 saturated heterocycles. The number of hydrogen-bond donors (Lipinski definition) is 0. The first kappa shape index (κ1) is 21.0. The Hall–Kier alpha value is -2.75. The van der Waals surface area contributed by atoms with Gasteiger partial charge in [0.05, 0.1) is 17.0 Å². The second kappa shape index (κ2) is 11.3. The van der Waals surface area contributed by atoms with Gasteiger partial charge in [0.15, 0.2) is 0 Å². The van der Waals surface area contributed by atoms with Gasteiger partial charge in [-0.25, -0.2) is 4.98 Å². The van der Waals surface area contributed by atoms with E-state index in [4.69, 9.17) is 23.2 Å². The van der Waals surface area contributed by atoms with Crippen LogP contribution in [0.25, 0.3) is 5.69 Å².